The van der Waals surface area contributed by atoms with E-state index in [4.69, 9.17) is 4.74 Å². The topological polar surface area (TPSA) is 82.0 Å². The number of benzene rings is 1. The summed E-state index contributed by atoms with van der Waals surface area (Å²) in [6.07, 6.45) is 3.84. The lowest BCUT2D eigenvalue weighted by Crippen LogP contribution is -2.41. The Hall–Kier alpha value is -1.46. The van der Waals surface area contributed by atoms with Gasteiger partial charge in [0.05, 0.1) is 13.2 Å². The molecule has 0 aliphatic heterocycles. The molecule has 0 radical (unpaired) electrons. The third-order valence-corrected chi connectivity index (χ3v) is 4.13. The molecule has 1 aliphatic rings. The molecule has 1 aromatic carbocycles. The fourth-order valence-corrected chi connectivity index (χ4v) is 2.84. The monoisotopic (exact) mass is 281 g/mol. The minimum absolute atomic E-state index is 0.0766. The zero-order valence-electron chi connectivity index (χ0n) is 12.0. The Kier molecular flexibility index (Phi) is 4.40. The molecule has 5 heteroatoms. The van der Waals surface area contributed by atoms with Crippen LogP contribution in [-0.2, 0) is 0 Å². The van der Waals surface area contributed by atoms with Crippen molar-refractivity contribution in [3.8, 4) is 17.2 Å². The molecule has 2 rings (SSSR count). The summed E-state index contributed by atoms with van der Waals surface area (Å²) >= 11 is 0. The van der Waals surface area contributed by atoms with Crippen molar-refractivity contribution in [2.45, 2.75) is 44.2 Å². The van der Waals surface area contributed by atoms with Gasteiger partial charge < -0.3 is 25.4 Å². The molecule has 20 heavy (non-hydrogen) atoms. The van der Waals surface area contributed by atoms with Crippen molar-refractivity contribution in [1.82, 2.24) is 5.32 Å². The predicted octanol–water partition coefficient (Wildman–Crippen LogP) is 2.06. The van der Waals surface area contributed by atoms with E-state index in [1.165, 1.54) is 26.0 Å². The van der Waals surface area contributed by atoms with Crippen molar-refractivity contribution in [2.75, 3.05) is 13.7 Å². The Bertz CT molecular complexity index is 469. The normalized spacial score (nSPS) is 18.9. The van der Waals surface area contributed by atoms with Crippen LogP contribution in [-0.4, -0.2) is 34.5 Å². The van der Waals surface area contributed by atoms with E-state index in [1.807, 2.05) is 0 Å². The number of rotatable bonds is 5. The van der Waals surface area contributed by atoms with Gasteiger partial charge in [-0.1, -0.05) is 12.8 Å². The maximum absolute atomic E-state index is 10.3. The Morgan fingerprint density at radius 2 is 1.95 bits per heavy atom. The molecule has 112 valence electrons. The summed E-state index contributed by atoms with van der Waals surface area (Å²) in [5.74, 6) is -0.472. The van der Waals surface area contributed by atoms with Crippen LogP contribution in [0, 0.1) is 0 Å². The van der Waals surface area contributed by atoms with Crippen LogP contribution in [0.3, 0.4) is 0 Å². The fraction of sp³-hybridized carbons (Fsp3) is 0.600. The number of phenols is 2. The standard InChI is InChI=1S/C15H23NO4/c1-15(7-3-4-8-15)16-9-12(18)10-5-6-11(17)13(19)14(10)20-2/h5-6,12,16-19H,3-4,7-9H2,1-2H3. The zero-order chi connectivity index (χ0) is 14.8. The van der Waals surface area contributed by atoms with Crippen LogP contribution in [0.15, 0.2) is 12.1 Å². The van der Waals surface area contributed by atoms with Gasteiger partial charge in [-0.15, -0.1) is 0 Å². The van der Waals surface area contributed by atoms with E-state index in [1.54, 1.807) is 6.07 Å². The second kappa shape index (κ2) is 5.89. The van der Waals surface area contributed by atoms with Crippen LogP contribution in [0.2, 0.25) is 0 Å². The van der Waals surface area contributed by atoms with E-state index < -0.39 is 6.10 Å². The largest absolute Gasteiger partial charge is 0.504 e. The van der Waals surface area contributed by atoms with Crippen molar-refractivity contribution in [3.05, 3.63) is 17.7 Å². The first kappa shape index (κ1) is 14.9. The SMILES string of the molecule is COc1c(C(O)CNC2(C)CCCC2)ccc(O)c1O. The van der Waals surface area contributed by atoms with Gasteiger partial charge in [0, 0.05) is 17.6 Å². The van der Waals surface area contributed by atoms with Crippen LogP contribution in [0.4, 0.5) is 0 Å². The van der Waals surface area contributed by atoms with Gasteiger partial charge in [-0.2, -0.15) is 0 Å². The molecule has 0 saturated heterocycles. The van der Waals surface area contributed by atoms with E-state index in [2.05, 4.69) is 12.2 Å². The molecule has 0 heterocycles. The molecule has 5 nitrogen and oxygen atoms in total. The van der Waals surface area contributed by atoms with E-state index in [0.29, 0.717) is 12.1 Å². The summed E-state index contributed by atoms with van der Waals surface area (Å²) in [6.45, 7) is 2.55. The molecule has 0 bridgehead atoms. The summed E-state index contributed by atoms with van der Waals surface area (Å²) < 4.78 is 5.08. The average Bonchev–Trinajstić information content (AvgIpc) is 2.86. The number of ether oxygens (including phenoxy) is 1. The minimum Gasteiger partial charge on any atom is -0.504 e. The van der Waals surface area contributed by atoms with E-state index in [-0.39, 0.29) is 22.8 Å². The van der Waals surface area contributed by atoms with Crippen molar-refractivity contribution < 1.29 is 20.1 Å². The maximum atomic E-state index is 10.3. The first-order chi connectivity index (χ1) is 9.47. The molecule has 0 amide bonds. The molecule has 1 unspecified atom stereocenters. The van der Waals surface area contributed by atoms with Crippen molar-refractivity contribution in [2.24, 2.45) is 0 Å². The van der Waals surface area contributed by atoms with Crippen molar-refractivity contribution in [3.63, 3.8) is 0 Å². The van der Waals surface area contributed by atoms with Gasteiger partial charge in [0.2, 0.25) is 5.75 Å². The van der Waals surface area contributed by atoms with Gasteiger partial charge in [-0.25, -0.2) is 0 Å². The lowest BCUT2D eigenvalue weighted by atomic mass is 9.99. The lowest BCUT2D eigenvalue weighted by Gasteiger charge is -2.27. The number of nitrogens with one attached hydrogen (secondary N) is 1. The molecule has 0 aromatic heterocycles. The quantitative estimate of drug-likeness (QED) is 0.621. The molecule has 4 N–H and O–H groups in total. The van der Waals surface area contributed by atoms with Crippen molar-refractivity contribution in [1.29, 1.82) is 0 Å². The molecular formula is C15H23NO4. The minimum atomic E-state index is -0.797. The summed E-state index contributed by atoms with van der Waals surface area (Å²) in [6, 6.07) is 2.92. The number of aromatic hydroxyl groups is 2. The van der Waals surface area contributed by atoms with Crippen LogP contribution in [0.25, 0.3) is 0 Å². The van der Waals surface area contributed by atoms with Gasteiger partial charge in [-0.3, -0.25) is 0 Å². The average molecular weight is 281 g/mol. The smallest absolute Gasteiger partial charge is 0.200 e. The first-order valence-electron chi connectivity index (χ1n) is 6.99. The molecule has 1 aliphatic carbocycles. The first-order valence-corrected chi connectivity index (χ1v) is 6.99. The number of hydrogen-bond acceptors (Lipinski definition) is 5. The molecule has 1 fully saturated rings. The Morgan fingerprint density at radius 1 is 1.30 bits per heavy atom. The summed E-state index contributed by atoms with van der Waals surface area (Å²) in [5.41, 5.74) is 0.546. The number of aliphatic hydroxyl groups excluding tert-OH is 1. The second-order valence-electron chi connectivity index (χ2n) is 5.72. The molecule has 1 atom stereocenters. The number of β-amino-alcohol motifs (C(OH)–C–C–N with tert-alkyl or cyclic N) is 1. The highest BCUT2D eigenvalue weighted by Gasteiger charge is 2.29. The van der Waals surface area contributed by atoms with Crippen LogP contribution in [0.5, 0.6) is 17.2 Å². The van der Waals surface area contributed by atoms with Crippen LogP contribution in [0.1, 0.15) is 44.3 Å². The summed E-state index contributed by atoms with van der Waals surface area (Å²) in [4.78, 5) is 0. The number of hydrogen-bond donors (Lipinski definition) is 4. The molecule has 1 aromatic rings. The predicted molar refractivity (Wildman–Crippen MR) is 76.2 cm³/mol. The lowest BCUT2D eigenvalue weighted by molar-refractivity contribution is 0.154. The highest BCUT2D eigenvalue weighted by atomic mass is 16.5. The van der Waals surface area contributed by atoms with Crippen LogP contribution >= 0.6 is 0 Å². The van der Waals surface area contributed by atoms with Crippen LogP contribution < -0.4 is 10.1 Å². The Labute approximate surface area is 119 Å². The van der Waals surface area contributed by atoms with Gasteiger partial charge in [0.1, 0.15) is 0 Å². The molecular weight excluding hydrogens is 258 g/mol. The maximum Gasteiger partial charge on any atom is 0.200 e. The highest BCUT2D eigenvalue weighted by molar-refractivity contribution is 5.54. The zero-order valence-corrected chi connectivity index (χ0v) is 12.0. The fourth-order valence-electron chi connectivity index (χ4n) is 2.84. The number of methoxy groups -OCH3 is 1. The highest BCUT2D eigenvalue weighted by Crippen LogP contribution is 2.40. The second-order valence-corrected chi connectivity index (χ2v) is 5.72. The van der Waals surface area contributed by atoms with Gasteiger partial charge >= 0.3 is 0 Å². The third kappa shape index (κ3) is 2.99. The molecule has 1 saturated carbocycles. The van der Waals surface area contributed by atoms with Crippen molar-refractivity contribution >= 4 is 0 Å². The van der Waals surface area contributed by atoms with E-state index in [0.717, 1.165) is 12.8 Å². The van der Waals surface area contributed by atoms with Gasteiger partial charge in [0.15, 0.2) is 11.5 Å². The Balaban J connectivity index is 2.09. The van der Waals surface area contributed by atoms with Gasteiger partial charge in [-0.05, 0) is 31.9 Å². The number of aliphatic hydroxyl groups is 1. The number of phenolic OH excluding ortho intramolecular Hbond substituents is 2. The Morgan fingerprint density at radius 3 is 2.55 bits per heavy atom. The van der Waals surface area contributed by atoms with E-state index >= 15 is 0 Å². The molecule has 0 spiro atoms. The third-order valence-electron chi connectivity index (χ3n) is 4.13. The van der Waals surface area contributed by atoms with Gasteiger partial charge in [0.25, 0.3) is 0 Å². The van der Waals surface area contributed by atoms with E-state index in [9.17, 15) is 15.3 Å². The summed E-state index contributed by atoms with van der Waals surface area (Å²) in [7, 11) is 1.40. The summed E-state index contributed by atoms with van der Waals surface area (Å²) in [5, 5.41) is 32.9.